The van der Waals surface area contributed by atoms with E-state index in [1.54, 1.807) is 48.7 Å². The molecule has 0 radical (unpaired) electrons. The van der Waals surface area contributed by atoms with Crippen molar-refractivity contribution in [2.24, 2.45) is 11.1 Å². The van der Waals surface area contributed by atoms with Crippen LogP contribution in [0.2, 0.25) is 0 Å². The van der Waals surface area contributed by atoms with Crippen molar-refractivity contribution in [3.8, 4) is 0 Å². The molecule has 9 heteroatoms. The van der Waals surface area contributed by atoms with Crippen molar-refractivity contribution >= 4 is 34.2 Å². The van der Waals surface area contributed by atoms with Gasteiger partial charge in [0.05, 0.1) is 25.4 Å². The third kappa shape index (κ3) is 6.95. The van der Waals surface area contributed by atoms with Gasteiger partial charge >= 0.3 is 5.97 Å². The average Bonchev–Trinajstić information content (AvgIpc) is 3.43. The first-order valence-corrected chi connectivity index (χ1v) is 14.8. The van der Waals surface area contributed by atoms with Crippen molar-refractivity contribution in [1.29, 1.82) is 0 Å². The number of fused-ring (bicyclic) bond motifs is 1. The van der Waals surface area contributed by atoms with Crippen molar-refractivity contribution in [2.75, 3.05) is 20.3 Å². The molecule has 1 atom stereocenters. The van der Waals surface area contributed by atoms with E-state index in [9.17, 15) is 19.5 Å². The molecule has 228 valence electrons. The molecule has 4 rings (SSSR count). The van der Waals surface area contributed by atoms with E-state index >= 15 is 0 Å². The van der Waals surface area contributed by atoms with Gasteiger partial charge in [-0.1, -0.05) is 61.3 Å². The molecule has 1 fully saturated rings. The fourth-order valence-electron chi connectivity index (χ4n) is 5.67. The van der Waals surface area contributed by atoms with E-state index < -0.39 is 29.7 Å². The number of ether oxygens (including phenoxy) is 2. The van der Waals surface area contributed by atoms with Crippen LogP contribution in [0.25, 0.3) is 10.9 Å². The SMILES string of the molecule is C=COCCC/C(=N\OC(=O)C1CCCCC1)C(=O)c1cn(CC)c2ccc(C(=O)C(CO)(OC)c3ccccc3)cc12. The fourth-order valence-corrected chi connectivity index (χ4v) is 5.67. The first-order chi connectivity index (χ1) is 20.9. The lowest BCUT2D eigenvalue weighted by Gasteiger charge is -2.29. The van der Waals surface area contributed by atoms with Gasteiger partial charge < -0.3 is 24.0 Å². The quantitative estimate of drug-likeness (QED) is 0.0580. The van der Waals surface area contributed by atoms with Crippen LogP contribution >= 0.6 is 0 Å². The minimum absolute atomic E-state index is 0.0922. The number of methoxy groups -OCH3 is 1. The number of oxime groups is 1. The van der Waals surface area contributed by atoms with Crippen molar-refractivity contribution in [2.45, 2.75) is 64.0 Å². The van der Waals surface area contributed by atoms with Gasteiger partial charge in [0.25, 0.3) is 0 Å². The van der Waals surface area contributed by atoms with E-state index in [1.165, 1.54) is 13.4 Å². The predicted octanol–water partition coefficient (Wildman–Crippen LogP) is 5.98. The Kier molecular flexibility index (Phi) is 11.0. The Morgan fingerprint density at radius 1 is 1.12 bits per heavy atom. The molecule has 1 unspecified atom stereocenters. The van der Waals surface area contributed by atoms with Crippen LogP contribution in [-0.4, -0.2) is 53.2 Å². The molecule has 0 saturated heterocycles. The van der Waals surface area contributed by atoms with E-state index in [-0.39, 0.29) is 23.6 Å². The molecule has 0 amide bonds. The Balaban J connectivity index is 1.72. The lowest BCUT2D eigenvalue weighted by atomic mass is 9.85. The number of aliphatic hydroxyl groups is 1. The van der Waals surface area contributed by atoms with Gasteiger partial charge in [0.15, 0.2) is 5.60 Å². The molecule has 1 saturated carbocycles. The third-order valence-corrected chi connectivity index (χ3v) is 8.15. The third-order valence-electron chi connectivity index (χ3n) is 8.15. The summed E-state index contributed by atoms with van der Waals surface area (Å²) in [6.07, 6.45) is 8.28. The van der Waals surface area contributed by atoms with Crippen LogP contribution < -0.4 is 0 Å². The smallest absolute Gasteiger partial charge is 0.338 e. The molecule has 1 heterocycles. The average molecular weight is 589 g/mol. The van der Waals surface area contributed by atoms with Crippen molar-refractivity contribution < 1.29 is 33.8 Å². The number of aromatic nitrogens is 1. The number of aliphatic hydroxyl groups excluding tert-OH is 1. The van der Waals surface area contributed by atoms with Gasteiger partial charge in [-0.15, -0.1) is 0 Å². The van der Waals surface area contributed by atoms with E-state index in [0.29, 0.717) is 36.1 Å². The van der Waals surface area contributed by atoms with Crippen molar-refractivity contribution in [3.63, 3.8) is 0 Å². The zero-order chi connectivity index (χ0) is 30.8. The second-order valence-electron chi connectivity index (χ2n) is 10.7. The van der Waals surface area contributed by atoms with Gasteiger partial charge in [-0.25, -0.2) is 4.79 Å². The van der Waals surface area contributed by atoms with Crippen molar-refractivity contribution in [1.82, 2.24) is 4.57 Å². The summed E-state index contributed by atoms with van der Waals surface area (Å²) in [5.41, 5.74) is 0.352. The maximum absolute atomic E-state index is 14.0. The molecule has 0 aliphatic heterocycles. The largest absolute Gasteiger partial charge is 0.502 e. The molecule has 43 heavy (non-hydrogen) atoms. The highest BCUT2D eigenvalue weighted by molar-refractivity contribution is 6.47. The Morgan fingerprint density at radius 2 is 1.86 bits per heavy atom. The Bertz CT molecular complexity index is 1460. The van der Waals surface area contributed by atoms with Crippen LogP contribution in [-0.2, 0) is 31.3 Å². The summed E-state index contributed by atoms with van der Waals surface area (Å²) in [5.74, 6) is -1.48. The number of benzene rings is 2. The second kappa shape index (κ2) is 14.9. The van der Waals surface area contributed by atoms with Crippen LogP contribution in [0, 0.1) is 5.92 Å². The molecule has 2 aromatic carbocycles. The van der Waals surface area contributed by atoms with Gasteiger partial charge in [0.1, 0.15) is 5.71 Å². The fraction of sp³-hybridized carbons (Fsp3) is 0.412. The molecule has 1 aromatic heterocycles. The summed E-state index contributed by atoms with van der Waals surface area (Å²) >= 11 is 0. The van der Waals surface area contributed by atoms with Crippen molar-refractivity contribution in [3.05, 3.63) is 84.3 Å². The Hall–Kier alpha value is -4.08. The highest BCUT2D eigenvalue weighted by atomic mass is 16.7. The van der Waals surface area contributed by atoms with E-state index in [0.717, 1.165) is 37.6 Å². The van der Waals surface area contributed by atoms with E-state index in [1.807, 2.05) is 17.6 Å². The molecule has 1 N–H and O–H groups in total. The van der Waals surface area contributed by atoms with Gasteiger partial charge in [-0.2, -0.15) is 0 Å². The lowest BCUT2D eigenvalue weighted by Crippen LogP contribution is -2.41. The molecular formula is C34H40N2O7. The number of carbonyl (C=O) groups excluding carboxylic acids is 3. The van der Waals surface area contributed by atoms with Gasteiger partial charge in [-0.05, 0) is 49.9 Å². The number of nitrogens with zero attached hydrogens (tertiary/aromatic N) is 2. The molecule has 1 aliphatic rings. The topological polar surface area (TPSA) is 116 Å². The maximum Gasteiger partial charge on any atom is 0.338 e. The van der Waals surface area contributed by atoms with Crippen LogP contribution in [0.15, 0.2) is 72.7 Å². The molecular weight excluding hydrogens is 548 g/mol. The molecule has 1 aliphatic carbocycles. The summed E-state index contributed by atoms with van der Waals surface area (Å²) in [6.45, 7) is 5.83. The number of rotatable bonds is 15. The monoisotopic (exact) mass is 588 g/mol. The number of carbonyl (C=O) groups is 3. The van der Waals surface area contributed by atoms with Gasteiger partial charge in [0, 0.05) is 48.3 Å². The summed E-state index contributed by atoms with van der Waals surface area (Å²) in [7, 11) is 1.38. The molecule has 0 spiro atoms. The maximum atomic E-state index is 14.0. The zero-order valence-electron chi connectivity index (χ0n) is 24.9. The summed E-state index contributed by atoms with van der Waals surface area (Å²) in [4.78, 5) is 46.0. The number of hydrogen-bond acceptors (Lipinski definition) is 8. The van der Waals surface area contributed by atoms with Crippen LogP contribution in [0.4, 0.5) is 0 Å². The first kappa shape index (κ1) is 31.8. The van der Waals surface area contributed by atoms with Crippen LogP contribution in [0.3, 0.4) is 0 Å². The van der Waals surface area contributed by atoms with E-state index in [4.69, 9.17) is 14.3 Å². The Morgan fingerprint density at radius 3 is 2.51 bits per heavy atom. The van der Waals surface area contributed by atoms with Gasteiger partial charge in [0.2, 0.25) is 11.6 Å². The van der Waals surface area contributed by atoms with Crippen LogP contribution in [0.5, 0.6) is 0 Å². The minimum Gasteiger partial charge on any atom is -0.502 e. The molecule has 9 nitrogen and oxygen atoms in total. The minimum atomic E-state index is -1.61. The van der Waals surface area contributed by atoms with Crippen LogP contribution in [0.1, 0.15) is 78.1 Å². The Labute approximate surface area is 252 Å². The summed E-state index contributed by atoms with van der Waals surface area (Å²) < 4.78 is 12.8. The number of aryl methyl sites for hydroxylation is 1. The standard InChI is InChI=1S/C34H40N2O7/c1-4-36-22-28(31(38)29(17-12-20-42-5-2)35-43-33(40)24-13-8-6-9-14-24)27-21-25(18-19-30(27)36)32(39)34(23-37,41-3)26-15-10-7-11-16-26/h5,7,10-11,15-16,18-19,21-22,24,37H,2,4,6,8-9,12-14,17,20,23H2,1,3H3/b35-29+. The zero-order valence-corrected chi connectivity index (χ0v) is 24.9. The van der Waals surface area contributed by atoms with Gasteiger partial charge in [-0.3, -0.25) is 9.59 Å². The number of hydrogen-bond donors (Lipinski definition) is 1. The summed E-state index contributed by atoms with van der Waals surface area (Å²) in [5, 5.41) is 15.0. The molecule has 3 aromatic rings. The predicted molar refractivity (Wildman–Crippen MR) is 164 cm³/mol. The second-order valence-corrected chi connectivity index (χ2v) is 10.7. The normalized spacial score (nSPS) is 15.6. The molecule has 0 bridgehead atoms. The number of Topliss-reactive ketones (excluding diaryl/α,β-unsaturated/α-hetero) is 2. The highest BCUT2D eigenvalue weighted by Crippen LogP contribution is 2.32. The lowest BCUT2D eigenvalue weighted by molar-refractivity contribution is -0.149. The van der Waals surface area contributed by atoms with E-state index in [2.05, 4.69) is 11.7 Å². The number of ketones is 2. The first-order valence-electron chi connectivity index (χ1n) is 14.8. The highest BCUT2D eigenvalue weighted by Gasteiger charge is 2.40. The summed E-state index contributed by atoms with van der Waals surface area (Å²) in [6, 6.07) is 13.9.